The van der Waals surface area contributed by atoms with Gasteiger partial charge in [0, 0.05) is 14.7 Å². The average molecular weight is 427 g/mol. The average Bonchev–Trinajstić information content (AvgIpc) is 2.44. The molecule has 6 heteroatoms. The minimum absolute atomic E-state index is 0.263. The highest BCUT2D eigenvalue weighted by molar-refractivity contribution is 14.1. The van der Waals surface area contributed by atoms with Crippen LogP contribution < -0.4 is 5.19 Å². The van der Waals surface area contributed by atoms with E-state index in [0.29, 0.717) is 23.0 Å². The van der Waals surface area contributed by atoms with Crippen molar-refractivity contribution in [2.24, 2.45) is 5.18 Å². The van der Waals surface area contributed by atoms with E-state index >= 15 is 0 Å². The first kappa shape index (κ1) is 16.9. The number of carbonyl (C=O) groups is 1. The van der Waals surface area contributed by atoms with Crippen LogP contribution in [-0.2, 0) is 0 Å². The van der Waals surface area contributed by atoms with Crippen LogP contribution in [0, 0.1) is 14.3 Å². The van der Waals surface area contributed by atoms with Crippen LogP contribution >= 0.6 is 22.6 Å². The van der Waals surface area contributed by atoms with Gasteiger partial charge in [0.15, 0.2) is 6.29 Å². The van der Waals surface area contributed by atoms with Crippen LogP contribution in [0.25, 0.3) is 11.1 Å². The van der Waals surface area contributed by atoms with Crippen molar-refractivity contribution in [1.29, 1.82) is 0 Å². The Morgan fingerprint density at radius 2 is 1.91 bits per heavy atom. The molecular formula is C16H15FINO2Si. The van der Waals surface area contributed by atoms with E-state index in [1.807, 2.05) is 0 Å². The van der Waals surface area contributed by atoms with Gasteiger partial charge in [-0.25, -0.2) is 4.39 Å². The maximum Gasteiger partial charge on any atom is 0.150 e. The van der Waals surface area contributed by atoms with E-state index in [1.54, 1.807) is 18.2 Å². The van der Waals surface area contributed by atoms with Gasteiger partial charge < -0.3 is 0 Å². The van der Waals surface area contributed by atoms with E-state index in [2.05, 4.69) is 47.4 Å². The number of hydrogen-bond donors (Lipinski definition) is 0. The number of aldehydes is 1. The molecule has 2 rings (SSSR count). The van der Waals surface area contributed by atoms with E-state index in [0.717, 1.165) is 8.76 Å². The molecule has 114 valence electrons. The summed E-state index contributed by atoms with van der Waals surface area (Å²) in [6.07, 6.45) is 0.686. The molecule has 0 aromatic heterocycles. The zero-order valence-electron chi connectivity index (χ0n) is 12.5. The lowest BCUT2D eigenvalue weighted by atomic mass is 9.98. The summed E-state index contributed by atoms with van der Waals surface area (Å²) >= 11 is 2.13. The summed E-state index contributed by atoms with van der Waals surface area (Å²) in [5.41, 5.74) is 1.53. The lowest BCUT2D eigenvalue weighted by molar-refractivity contribution is 0.112. The van der Waals surface area contributed by atoms with Gasteiger partial charge in [0.05, 0.1) is 8.07 Å². The molecule has 0 atom stereocenters. The molecule has 0 heterocycles. The highest BCUT2D eigenvalue weighted by atomic mass is 127. The summed E-state index contributed by atoms with van der Waals surface area (Å²) in [6, 6.07) is 7.62. The molecule has 0 aliphatic rings. The van der Waals surface area contributed by atoms with Crippen LogP contribution in [0.5, 0.6) is 0 Å². The van der Waals surface area contributed by atoms with Crippen molar-refractivity contribution in [2.75, 3.05) is 0 Å². The number of halogens is 2. The van der Waals surface area contributed by atoms with E-state index < -0.39 is 13.9 Å². The van der Waals surface area contributed by atoms with Crippen LogP contribution in [0.2, 0.25) is 19.6 Å². The van der Waals surface area contributed by atoms with Gasteiger partial charge in [-0.05, 0) is 56.7 Å². The fourth-order valence-electron chi connectivity index (χ4n) is 2.50. The van der Waals surface area contributed by atoms with Crippen molar-refractivity contribution in [3.8, 4) is 11.1 Å². The first-order chi connectivity index (χ1) is 10.3. The van der Waals surface area contributed by atoms with Crippen LogP contribution in [0.15, 0.2) is 35.5 Å². The van der Waals surface area contributed by atoms with Crippen molar-refractivity contribution >= 4 is 47.8 Å². The first-order valence-electron chi connectivity index (χ1n) is 6.71. The molecule has 0 bridgehead atoms. The molecule has 0 aliphatic carbocycles. The maximum atomic E-state index is 13.5. The lowest BCUT2D eigenvalue weighted by Gasteiger charge is -2.23. The van der Waals surface area contributed by atoms with Gasteiger partial charge >= 0.3 is 0 Å². The predicted molar refractivity (Wildman–Crippen MR) is 98.4 cm³/mol. The number of nitrogens with zero attached hydrogens (tertiary/aromatic N) is 1. The lowest BCUT2D eigenvalue weighted by Crippen LogP contribution is -2.40. The van der Waals surface area contributed by atoms with Gasteiger partial charge in [-0.1, -0.05) is 31.8 Å². The van der Waals surface area contributed by atoms with E-state index in [4.69, 9.17) is 0 Å². The van der Waals surface area contributed by atoms with Crippen molar-refractivity contribution in [3.05, 3.63) is 50.2 Å². The molecule has 0 radical (unpaired) electrons. The Morgan fingerprint density at radius 3 is 2.41 bits per heavy atom. The van der Waals surface area contributed by atoms with Crippen molar-refractivity contribution in [2.45, 2.75) is 19.6 Å². The third-order valence-corrected chi connectivity index (χ3v) is 6.73. The molecule has 0 saturated heterocycles. The minimum atomic E-state index is -1.87. The highest BCUT2D eigenvalue weighted by Crippen LogP contribution is 2.35. The molecular weight excluding hydrogens is 412 g/mol. The van der Waals surface area contributed by atoms with E-state index in [9.17, 15) is 14.1 Å². The molecule has 2 aromatic rings. The third kappa shape index (κ3) is 3.17. The molecule has 0 N–H and O–H groups in total. The molecule has 0 aliphatic heterocycles. The molecule has 2 aromatic carbocycles. The number of hydrogen-bond acceptors (Lipinski definition) is 3. The molecule has 0 fully saturated rings. The van der Waals surface area contributed by atoms with Crippen LogP contribution in [0.1, 0.15) is 10.4 Å². The molecule has 22 heavy (non-hydrogen) atoms. The van der Waals surface area contributed by atoms with E-state index in [1.165, 1.54) is 12.1 Å². The summed E-state index contributed by atoms with van der Waals surface area (Å²) in [4.78, 5) is 23.0. The number of carbonyl (C=O) groups excluding carboxylic acids is 1. The van der Waals surface area contributed by atoms with Crippen molar-refractivity contribution in [3.63, 3.8) is 0 Å². The van der Waals surface area contributed by atoms with Gasteiger partial charge in [-0.3, -0.25) is 4.79 Å². The molecule has 0 unspecified atom stereocenters. The Morgan fingerprint density at radius 1 is 1.23 bits per heavy atom. The number of rotatable bonds is 4. The maximum absolute atomic E-state index is 13.5. The summed E-state index contributed by atoms with van der Waals surface area (Å²) in [7, 11) is -1.87. The Bertz CT molecular complexity index is 757. The van der Waals surface area contributed by atoms with E-state index in [-0.39, 0.29) is 5.69 Å². The van der Waals surface area contributed by atoms with Gasteiger partial charge in [-0.15, -0.1) is 4.91 Å². The Labute approximate surface area is 143 Å². The summed E-state index contributed by atoms with van der Waals surface area (Å²) in [5, 5.41) is 4.11. The largest absolute Gasteiger partial charge is 0.298 e. The second-order valence-electron chi connectivity index (χ2n) is 6.02. The topological polar surface area (TPSA) is 46.5 Å². The van der Waals surface area contributed by atoms with Crippen LogP contribution in [0.4, 0.5) is 10.1 Å². The van der Waals surface area contributed by atoms with Crippen LogP contribution in [-0.4, -0.2) is 14.4 Å². The third-order valence-electron chi connectivity index (χ3n) is 3.36. The van der Waals surface area contributed by atoms with Gasteiger partial charge in [0.1, 0.15) is 11.5 Å². The second-order valence-corrected chi connectivity index (χ2v) is 12.2. The fourth-order valence-corrected chi connectivity index (χ4v) is 7.19. The first-order valence-corrected chi connectivity index (χ1v) is 11.3. The van der Waals surface area contributed by atoms with Crippen molar-refractivity contribution < 1.29 is 9.18 Å². The zero-order chi connectivity index (χ0) is 16.5. The van der Waals surface area contributed by atoms with Crippen molar-refractivity contribution in [1.82, 2.24) is 0 Å². The summed E-state index contributed by atoms with van der Waals surface area (Å²) < 4.78 is 14.4. The smallest absolute Gasteiger partial charge is 0.150 e. The quantitative estimate of drug-likeness (QED) is 0.303. The molecule has 0 saturated carbocycles. The number of nitroso groups, excluding NO2 is 1. The predicted octanol–water partition coefficient (Wildman–Crippen LogP) is 4.85. The molecule has 0 amide bonds. The second kappa shape index (κ2) is 6.37. The van der Waals surface area contributed by atoms with Gasteiger partial charge in [0.25, 0.3) is 0 Å². The highest BCUT2D eigenvalue weighted by Gasteiger charge is 2.28. The SMILES string of the molecule is C[Si](C)(C)c1c(I)cc(C=O)c(-c2cccc(F)c2)c1N=O. The summed E-state index contributed by atoms with van der Waals surface area (Å²) in [5.74, 6) is -0.417. The standard InChI is InChI=1S/C16H15FINO2Si/c1-22(2,3)16-13(18)8-11(9-20)14(15(16)19-21)10-5-4-6-12(17)7-10/h4-9H,1-3H3. The number of benzene rings is 2. The van der Waals surface area contributed by atoms with Gasteiger partial charge in [0.2, 0.25) is 0 Å². The van der Waals surface area contributed by atoms with Crippen LogP contribution in [0.3, 0.4) is 0 Å². The monoisotopic (exact) mass is 427 g/mol. The molecule has 0 spiro atoms. The minimum Gasteiger partial charge on any atom is -0.298 e. The zero-order valence-corrected chi connectivity index (χ0v) is 15.6. The Kier molecular flexibility index (Phi) is 4.91. The normalized spacial score (nSPS) is 11.3. The molecule has 3 nitrogen and oxygen atoms in total. The Hall–Kier alpha value is -1.41. The summed E-state index contributed by atoms with van der Waals surface area (Å²) in [6.45, 7) is 6.32. The fraction of sp³-hybridized carbons (Fsp3) is 0.188. The van der Waals surface area contributed by atoms with Gasteiger partial charge in [-0.2, -0.15) is 0 Å². The Balaban J connectivity index is 2.93.